The molecule has 0 fully saturated rings. The van der Waals surface area contributed by atoms with Crippen molar-refractivity contribution in [1.82, 2.24) is 0 Å². The first-order chi connectivity index (χ1) is 10.1. The highest BCUT2D eigenvalue weighted by atomic mass is 79.9. The average Bonchev–Trinajstić information content (AvgIpc) is 2.48. The molecule has 0 spiro atoms. The normalized spacial score (nSPS) is 10.8. The minimum Gasteiger partial charge on any atom is -0.380 e. The first-order valence-electron chi connectivity index (χ1n) is 6.81. The van der Waals surface area contributed by atoms with Crippen LogP contribution in [0.25, 0.3) is 10.8 Å². The number of hydrogen-bond donors (Lipinski definition) is 1. The molecule has 0 atom stereocenters. The number of nitrogens with one attached hydrogen (secondary N) is 1. The zero-order valence-corrected chi connectivity index (χ0v) is 14.8. The quantitative estimate of drug-likeness (QED) is 0.541. The fourth-order valence-corrected chi connectivity index (χ4v) is 3.51. The van der Waals surface area contributed by atoms with Crippen LogP contribution < -0.4 is 5.32 Å². The van der Waals surface area contributed by atoms with Gasteiger partial charge in [0.25, 0.3) is 0 Å². The van der Waals surface area contributed by atoms with Crippen molar-refractivity contribution in [2.24, 2.45) is 0 Å². The molecular formula is C18H15Br2N. The second-order valence-corrected chi connectivity index (χ2v) is 6.80. The molecule has 0 aliphatic heterocycles. The summed E-state index contributed by atoms with van der Waals surface area (Å²) in [5.41, 5.74) is 3.67. The Morgan fingerprint density at radius 2 is 1.62 bits per heavy atom. The fourth-order valence-electron chi connectivity index (χ4n) is 2.40. The summed E-state index contributed by atoms with van der Waals surface area (Å²) in [4.78, 5) is 0. The zero-order chi connectivity index (χ0) is 14.8. The van der Waals surface area contributed by atoms with Gasteiger partial charge in [0, 0.05) is 26.6 Å². The molecule has 1 nitrogen and oxygen atoms in total. The van der Waals surface area contributed by atoms with Crippen molar-refractivity contribution in [3.8, 4) is 0 Å². The number of anilines is 1. The molecule has 0 aromatic heterocycles. The summed E-state index contributed by atoms with van der Waals surface area (Å²) in [6, 6.07) is 19.1. The maximum atomic E-state index is 3.63. The summed E-state index contributed by atoms with van der Waals surface area (Å²) in [6.45, 7) is 2.90. The molecule has 3 rings (SSSR count). The Morgan fingerprint density at radius 3 is 2.38 bits per heavy atom. The highest BCUT2D eigenvalue weighted by molar-refractivity contribution is 9.11. The molecule has 0 amide bonds. The van der Waals surface area contributed by atoms with Crippen molar-refractivity contribution >= 4 is 48.3 Å². The topological polar surface area (TPSA) is 12.0 Å². The maximum Gasteiger partial charge on any atom is 0.0423 e. The molecule has 106 valence electrons. The Bertz CT molecular complexity index is 796. The van der Waals surface area contributed by atoms with Gasteiger partial charge in [-0.1, -0.05) is 68.3 Å². The van der Waals surface area contributed by atoms with Crippen LogP contribution in [0.1, 0.15) is 11.1 Å². The lowest BCUT2D eigenvalue weighted by molar-refractivity contribution is 1.14. The highest BCUT2D eigenvalue weighted by Gasteiger charge is 2.05. The summed E-state index contributed by atoms with van der Waals surface area (Å²) in [7, 11) is 0. The van der Waals surface area contributed by atoms with Gasteiger partial charge in [0.1, 0.15) is 0 Å². The van der Waals surface area contributed by atoms with E-state index < -0.39 is 0 Å². The first-order valence-corrected chi connectivity index (χ1v) is 8.40. The minimum atomic E-state index is 0.798. The van der Waals surface area contributed by atoms with E-state index in [1.54, 1.807) is 0 Å². The van der Waals surface area contributed by atoms with Crippen LogP contribution in [-0.2, 0) is 6.54 Å². The molecule has 3 heteroatoms. The number of aryl methyl sites for hydroxylation is 1. The molecule has 0 unspecified atom stereocenters. The second-order valence-electron chi connectivity index (χ2n) is 5.09. The number of hydrogen-bond acceptors (Lipinski definition) is 1. The summed E-state index contributed by atoms with van der Waals surface area (Å²) in [5.74, 6) is 0. The third-order valence-corrected chi connectivity index (χ3v) is 4.98. The Labute approximate surface area is 141 Å². The van der Waals surface area contributed by atoms with Gasteiger partial charge in [-0.05, 0) is 41.6 Å². The van der Waals surface area contributed by atoms with E-state index in [0.717, 1.165) is 21.2 Å². The minimum absolute atomic E-state index is 0.798. The lowest BCUT2D eigenvalue weighted by Crippen LogP contribution is -2.01. The third-order valence-electron chi connectivity index (χ3n) is 3.55. The zero-order valence-electron chi connectivity index (χ0n) is 11.7. The standard InChI is InChI=1S/C18H15Br2N/c1-12-6-7-13(17(20)10-12)11-21-18-9-8-16(19)14-4-2-3-5-15(14)18/h2-10,21H,11H2,1H3. The molecule has 0 aliphatic carbocycles. The van der Waals surface area contributed by atoms with Crippen LogP contribution in [-0.4, -0.2) is 0 Å². The van der Waals surface area contributed by atoms with E-state index in [4.69, 9.17) is 0 Å². The van der Waals surface area contributed by atoms with Gasteiger partial charge in [0.2, 0.25) is 0 Å². The predicted octanol–water partition coefficient (Wildman–Crippen LogP) is 6.29. The van der Waals surface area contributed by atoms with Crippen LogP contribution in [0, 0.1) is 6.92 Å². The van der Waals surface area contributed by atoms with Crippen molar-refractivity contribution in [2.45, 2.75) is 13.5 Å². The lowest BCUT2D eigenvalue weighted by atomic mass is 10.1. The van der Waals surface area contributed by atoms with Crippen molar-refractivity contribution in [1.29, 1.82) is 0 Å². The molecule has 0 aliphatic rings. The molecule has 0 saturated heterocycles. The highest BCUT2D eigenvalue weighted by Crippen LogP contribution is 2.30. The predicted molar refractivity (Wildman–Crippen MR) is 97.9 cm³/mol. The molecule has 21 heavy (non-hydrogen) atoms. The van der Waals surface area contributed by atoms with Crippen molar-refractivity contribution in [3.05, 3.63) is 74.7 Å². The Balaban J connectivity index is 1.90. The Hall–Kier alpha value is -1.32. The van der Waals surface area contributed by atoms with E-state index in [-0.39, 0.29) is 0 Å². The van der Waals surface area contributed by atoms with Gasteiger partial charge in [-0.15, -0.1) is 0 Å². The lowest BCUT2D eigenvalue weighted by Gasteiger charge is -2.12. The van der Waals surface area contributed by atoms with Crippen LogP contribution >= 0.6 is 31.9 Å². The number of rotatable bonds is 3. The van der Waals surface area contributed by atoms with Gasteiger partial charge in [-0.2, -0.15) is 0 Å². The van der Waals surface area contributed by atoms with E-state index in [1.807, 2.05) is 0 Å². The number of halogens is 2. The van der Waals surface area contributed by atoms with Crippen LogP contribution in [0.15, 0.2) is 63.5 Å². The van der Waals surface area contributed by atoms with Gasteiger partial charge in [0.15, 0.2) is 0 Å². The first kappa shape index (κ1) is 14.6. The van der Waals surface area contributed by atoms with Crippen LogP contribution in [0.2, 0.25) is 0 Å². The van der Waals surface area contributed by atoms with E-state index >= 15 is 0 Å². The monoisotopic (exact) mass is 403 g/mol. The summed E-state index contributed by atoms with van der Waals surface area (Å²) in [5, 5.41) is 6.00. The number of benzene rings is 3. The summed E-state index contributed by atoms with van der Waals surface area (Å²) in [6.07, 6.45) is 0. The molecule has 0 radical (unpaired) electrons. The van der Waals surface area contributed by atoms with Gasteiger partial charge < -0.3 is 5.32 Å². The SMILES string of the molecule is Cc1ccc(CNc2ccc(Br)c3ccccc23)c(Br)c1. The van der Waals surface area contributed by atoms with Crippen molar-refractivity contribution in [2.75, 3.05) is 5.32 Å². The van der Waals surface area contributed by atoms with Crippen LogP contribution in [0.4, 0.5) is 5.69 Å². The largest absolute Gasteiger partial charge is 0.380 e. The van der Waals surface area contributed by atoms with Gasteiger partial charge in [-0.25, -0.2) is 0 Å². The van der Waals surface area contributed by atoms with E-state index in [1.165, 1.54) is 21.9 Å². The smallest absolute Gasteiger partial charge is 0.0423 e. The van der Waals surface area contributed by atoms with Gasteiger partial charge in [-0.3, -0.25) is 0 Å². The van der Waals surface area contributed by atoms with E-state index in [2.05, 4.69) is 98.7 Å². The van der Waals surface area contributed by atoms with Crippen LogP contribution in [0.3, 0.4) is 0 Å². The average molecular weight is 405 g/mol. The Kier molecular flexibility index (Phi) is 4.32. The van der Waals surface area contributed by atoms with E-state index in [9.17, 15) is 0 Å². The maximum absolute atomic E-state index is 3.63. The molecule has 0 heterocycles. The molecule has 1 N–H and O–H groups in total. The van der Waals surface area contributed by atoms with Crippen molar-refractivity contribution < 1.29 is 0 Å². The molecule has 0 saturated carbocycles. The molecule has 3 aromatic rings. The van der Waals surface area contributed by atoms with E-state index in [0.29, 0.717) is 0 Å². The molecular weight excluding hydrogens is 390 g/mol. The third kappa shape index (κ3) is 3.14. The second kappa shape index (κ2) is 6.20. The summed E-state index contributed by atoms with van der Waals surface area (Å²) >= 11 is 7.25. The summed E-state index contributed by atoms with van der Waals surface area (Å²) < 4.78 is 2.27. The fraction of sp³-hybridized carbons (Fsp3) is 0.111. The molecule has 3 aromatic carbocycles. The van der Waals surface area contributed by atoms with Gasteiger partial charge >= 0.3 is 0 Å². The van der Waals surface area contributed by atoms with Gasteiger partial charge in [0.05, 0.1) is 0 Å². The van der Waals surface area contributed by atoms with Crippen LogP contribution in [0.5, 0.6) is 0 Å². The van der Waals surface area contributed by atoms with Crippen molar-refractivity contribution in [3.63, 3.8) is 0 Å². The Morgan fingerprint density at radius 1 is 0.857 bits per heavy atom. The number of fused-ring (bicyclic) bond motifs is 1. The molecule has 0 bridgehead atoms.